The number of hydrogen-bond donors (Lipinski definition) is 2. The van der Waals surface area contributed by atoms with Gasteiger partial charge in [-0.2, -0.15) is 5.10 Å². The van der Waals surface area contributed by atoms with Gasteiger partial charge in [-0.1, -0.05) is 0 Å². The molecule has 4 heterocycles. The Morgan fingerprint density at radius 1 is 1.17 bits per heavy atom. The average Bonchev–Trinajstić information content (AvgIpc) is 2.99. The van der Waals surface area contributed by atoms with Crippen molar-refractivity contribution in [3.8, 4) is 0 Å². The molecule has 1 fully saturated rings. The number of fused-ring (bicyclic) bond motifs is 1. The van der Waals surface area contributed by atoms with Crippen LogP contribution < -0.4 is 10.2 Å². The molecule has 7 heteroatoms. The van der Waals surface area contributed by atoms with Crippen molar-refractivity contribution in [3.05, 3.63) is 36.3 Å². The van der Waals surface area contributed by atoms with E-state index in [0.717, 1.165) is 60.2 Å². The van der Waals surface area contributed by atoms with E-state index in [1.165, 1.54) is 0 Å². The third-order valence-electron chi connectivity index (χ3n) is 4.00. The number of ether oxygens (including phenoxy) is 1. The molecule has 0 radical (unpaired) electrons. The highest BCUT2D eigenvalue weighted by molar-refractivity contribution is 5.92. The zero-order chi connectivity index (χ0) is 15.6. The molecule has 0 saturated carbocycles. The highest BCUT2D eigenvalue weighted by atomic mass is 16.5. The molecule has 0 unspecified atom stereocenters. The number of anilines is 3. The Balaban J connectivity index is 1.57. The zero-order valence-corrected chi connectivity index (χ0v) is 12.9. The number of H-pyrrole nitrogens is 1. The number of morpholine rings is 1. The highest BCUT2D eigenvalue weighted by Crippen LogP contribution is 2.25. The summed E-state index contributed by atoms with van der Waals surface area (Å²) in [5, 5.41) is 11.6. The lowest BCUT2D eigenvalue weighted by Crippen LogP contribution is -2.36. The fraction of sp³-hybridized carbons (Fsp3) is 0.312. The summed E-state index contributed by atoms with van der Waals surface area (Å²) in [6, 6.07) is 5.96. The van der Waals surface area contributed by atoms with Crippen LogP contribution in [0.25, 0.3) is 10.9 Å². The van der Waals surface area contributed by atoms with Gasteiger partial charge in [-0.15, -0.1) is 0 Å². The van der Waals surface area contributed by atoms with Crippen LogP contribution >= 0.6 is 0 Å². The summed E-state index contributed by atoms with van der Waals surface area (Å²) in [7, 11) is 0. The summed E-state index contributed by atoms with van der Waals surface area (Å²) in [5.41, 5.74) is 2.80. The number of hydrogen-bond acceptors (Lipinski definition) is 6. The third kappa shape index (κ3) is 2.70. The predicted octanol–water partition coefficient (Wildman–Crippen LogP) is 2.24. The second-order valence-corrected chi connectivity index (χ2v) is 5.52. The van der Waals surface area contributed by atoms with Gasteiger partial charge in [-0.05, 0) is 25.1 Å². The normalized spacial score (nSPS) is 15.1. The first-order chi connectivity index (χ1) is 11.3. The minimum atomic E-state index is 0.757. The molecule has 0 bridgehead atoms. The number of nitrogens with one attached hydrogen (secondary N) is 2. The zero-order valence-electron chi connectivity index (χ0n) is 12.9. The van der Waals surface area contributed by atoms with E-state index in [-0.39, 0.29) is 0 Å². The Kier molecular flexibility index (Phi) is 3.55. The molecule has 118 valence electrons. The van der Waals surface area contributed by atoms with Crippen molar-refractivity contribution in [2.45, 2.75) is 6.92 Å². The van der Waals surface area contributed by atoms with Gasteiger partial charge in [-0.25, -0.2) is 9.97 Å². The highest BCUT2D eigenvalue weighted by Gasteiger charge is 2.13. The van der Waals surface area contributed by atoms with Crippen LogP contribution in [-0.4, -0.2) is 46.5 Å². The largest absolute Gasteiger partial charge is 0.378 e. The molecule has 1 aliphatic rings. The molecule has 0 aromatic carbocycles. The molecule has 1 aliphatic heterocycles. The van der Waals surface area contributed by atoms with Crippen LogP contribution in [0, 0.1) is 6.92 Å². The van der Waals surface area contributed by atoms with Crippen LogP contribution in [0.3, 0.4) is 0 Å². The van der Waals surface area contributed by atoms with Gasteiger partial charge in [0.2, 0.25) is 0 Å². The van der Waals surface area contributed by atoms with Gasteiger partial charge in [0.25, 0.3) is 0 Å². The Morgan fingerprint density at radius 2 is 2.04 bits per heavy atom. The Labute approximate surface area is 133 Å². The number of aryl methyl sites for hydroxylation is 1. The van der Waals surface area contributed by atoms with Crippen LogP contribution in [0.5, 0.6) is 0 Å². The molecule has 1 saturated heterocycles. The topological polar surface area (TPSA) is 79.0 Å². The van der Waals surface area contributed by atoms with Crippen molar-refractivity contribution in [2.75, 3.05) is 36.5 Å². The molecule has 3 aromatic heterocycles. The fourth-order valence-corrected chi connectivity index (χ4v) is 2.79. The number of aromatic nitrogens is 4. The lowest BCUT2D eigenvalue weighted by atomic mass is 10.2. The molecule has 3 aromatic rings. The second kappa shape index (κ2) is 5.85. The minimum Gasteiger partial charge on any atom is -0.378 e. The molecule has 0 aliphatic carbocycles. The van der Waals surface area contributed by atoms with Gasteiger partial charge in [0.1, 0.15) is 11.6 Å². The standard InChI is InChI=1S/C16H18N6O/c1-11-15-13(21-20-11)4-5-17-16(15)19-12-2-3-14(18-10-12)22-6-8-23-9-7-22/h2-5,10H,6-9H2,1H3,(H,17,19)(H,20,21). The molecule has 4 rings (SSSR count). The average molecular weight is 310 g/mol. The van der Waals surface area contributed by atoms with E-state index >= 15 is 0 Å². The third-order valence-corrected chi connectivity index (χ3v) is 4.00. The van der Waals surface area contributed by atoms with Crippen LogP contribution in [0.1, 0.15) is 5.69 Å². The molecular weight excluding hydrogens is 292 g/mol. The van der Waals surface area contributed by atoms with E-state index in [9.17, 15) is 0 Å². The van der Waals surface area contributed by atoms with Crippen LogP contribution in [-0.2, 0) is 4.74 Å². The minimum absolute atomic E-state index is 0.757. The molecule has 23 heavy (non-hydrogen) atoms. The van der Waals surface area contributed by atoms with Gasteiger partial charge in [0.15, 0.2) is 0 Å². The van der Waals surface area contributed by atoms with Crippen molar-refractivity contribution in [2.24, 2.45) is 0 Å². The van der Waals surface area contributed by atoms with E-state index in [1.807, 2.05) is 31.3 Å². The maximum Gasteiger partial charge on any atom is 0.141 e. The maximum atomic E-state index is 5.37. The summed E-state index contributed by atoms with van der Waals surface area (Å²) < 4.78 is 5.37. The second-order valence-electron chi connectivity index (χ2n) is 5.52. The van der Waals surface area contributed by atoms with Gasteiger partial charge >= 0.3 is 0 Å². The molecule has 0 spiro atoms. The first-order valence-electron chi connectivity index (χ1n) is 7.67. The van der Waals surface area contributed by atoms with Crippen LogP contribution in [0.15, 0.2) is 30.6 Å². The Morgan fingerprint density at radius 3 is 2.83 bits per heavy atom. The quantitative estimate of drug-likeness (QED) is 0.772. The summed E-state index contributed by atoms with van der Waals surface area (Å²) in [4.78, 5) is 11.2. The molecule has 7 nitrogen and oxygen atoms in total. The molecule has 0 atom stereocenters. The van der Waals surface area contributed by atoms with E-state index < -0.39 is 0 Å². The Hall–Kier alpha value is -2.67. The van der Waals surface area contributed by atoms with Gasteiger partial charge in [-0.3, -0.25) is 5.10 Å². The predicted molar refractivity (Wildman–Crippen MR) is 89.2 cm³/mol. The number of rotatable bonds is 3. The van der Waals surface area contributed by atoms with Crippen molar-refractivity contribution in [3.63, 3.8) is 0 Å². The van der Waals surface area contributed by atoms with E-state index in [2.05, 4.69) is 30.4 Å². The van der Waals surface area contributed by atoms with Gasteiger partial charge < -0.3 is 15.0 Å². The number of aromatic amines is 1. The lowest BCUT2D eigenvalue weighted by molar-refractivity contribution is 0.122. The van der Waals surface area contributed by atoms with E-state index in [1.54, 1.807) is 6.20 Å². The van der Waals surface area contributed by atoms with Gasteiger partial charge in [0.05, 0.1) is 41.7 Å². The maximum absolute atomic E-state index is 5.37. The van der Waals surface area contributed by atoms with Crippen molar-refractivity contribution in [1.29, 1.82) is 0 Å². The van der Waals surface area contributed by atoms with Crippen molar-refractivity contribution < 1.29 is 4.74 Å². The number of pyridine rings is 2. The SMILES string of the molecule is Cc1n[nH]c2ccnc(Nc3ccc(N4CCOCC4)nc3)c12. The smallest absolute Gasteiger partial charge is 0.141 e. The Bertz CT molecular complexity index is 807. The first kappa shape index (κ1) is 14.0. The summed E-state index contributed by atoms with van der Waals surface area (Å²) in [6.45, 7) is 5.25. The summed E-state index contributed by atoms with van der Waals surface area (Å²) in [5.74, 6) is 1.76. The number of nitrogens with zero attached hydrogens (tertiary/aromatic N) is 4. The molecular formula is C16H18N6O. The molecule has 2 N–H and O–H groups in total. The first-order valence-corrected chi connectivity index (χ1v) is 7.67. The summed E-state index contributed by atoms with van der Waals surface area (Å²) in [6.07, 6.45) is 3.60. The molecule has 0 amide bonds. The van der Waals surface area contributed by atoms with Crippen LogP contribution in [0.4, 0.5) is 17.3 Å². The monoisotopic (exact) mass is 310 g/mol. The fourth-order valence-electron chi connectivity index (χ4n) is 2.79. The van der Waals surface area contributed by atoms with Crippen LogP contribution in [0.2, 0.25) is 0 Å². The lowest BCUT2D eigenvalue weighted by Gasteiger charge is -2.27. The summed E-state index contributed by atoms with van der Waals surface area (Å²) >= 11 is 0. The van der Waals surface area contributed by atoms with E-state index in [0.29, 0.717) is 0 Å². The van der Waals surface area contributed by atoms with Crippen molar-refractivity contribution in [1.82, 2.24) is 20.2 Å². The van der Waals surface area contributed by atoms with E-state index in [4.69, 9.17) is 4.74 Å². The van der Waals surface area contributed by atoms with Crippen molar-refractivity contribution >= 4 is 28.2 Å². The van der Waals surface area contributed by atoms with Gasteiger partial charge in [0, 0.05) is 19.3 Å².